The Hall–Kier alpha value is 2.59. The molecule has 19 heteroatoms. The van der Waals surface area contributed by atoms with E-state index in [0.29, 0.717) is 0 Å². The third-order valence-corrected chi connectivity index (χ3v) is 1.90. The first-order chi connectivity index (χ1) is 8.25. The summed E-state index contributed by atoms with van der Waals surface area (Å²) >= 11 is 0. The molecule has 12 nitrogen and oxygen atoms in total. The van der Waals surface area contributed by atoms with Gasteiger partial charge in [-0.3, -0.25) is 0 Å². The monoisotopic (exact) mass is 449 g/mol. The van der Waals surface area contributed by atoms with Crippen LogP contribution in [-0.4, -0.2) is 13.6 Å². The standard InChI is InChI=1S/2CH2O6P2.Co.2Na/c2*2-8(3)6-1-7-9(4)5;;;/h2*1H2;;;/q;;+2;2*+1. The summed E-state index contributed by atoms with van der Waals surface area (Å²) in [4.78, 5) is 38.1. The number of rotatable bonds is 8. The average molecular weight is 449 g/mol. The van der Waals surface area contributed by atoms with E-state index in [1.807, 2.05) is 0 Å². The molecule has 0 aliphatic rings. The summed E-state index contributed by atoms with van der Waals surface area (Å²) in [7, 11) is -12.1. The van der Waals surface area contributed by atoms with Crippen LogP contribution in [-0.2, 0) is 53.1 Å². The van der Waals surface area contributed by atoms with E-state index in [4.69, 9.17) is 0 Å². The Balaban J connectivity index is -0.0000000711. The van der Waals surface area contributed by atoms with E-state index in [1.165, 1.54) is 0 Å². The van der Waals surface area contributed by atoms with Gasteiger partial charge in [0, 0.05) is 0 Å². The van der Waals surface area contributed by atoms with Crippen molar-refractivity contribution in [2.45, 2.75) is 0 Å². The second kappa shape index (κ2) is 24.8. The maximum absolute atomic E-state index is 9.52. The van der Waals surface area contributed by atoms with Crippen LogP contribution in [0.2, 0.25) is 0 Å². The molecule has 0 aromatic rings. The van der Waals surface area contributed by atoms with E-state index >= 15 is 0 Å². The van der Waals surface area contributed by atoms with Gasteiger partial charge in [-0.25, -0.2) is 0 Å². The molecule has 4 unspecified atom stereocenters. The maximum atomic E-state index is 9.52. The first-order valence-corrected chi connectivity index (χ1v) is 7.73. The first kappa shape index (κ1) is 34.8. The topological polar surface area (TPSA) is 197 Å². The minimum absolute atomic E-state index is 0. The maximum Gasteiger partial charge on any atom is 2.00 e. The zero-order chi connectivity index (χ0) is 14.6. The molecule has 0 heterocycles. The largest absolute Gasteiger partial charge is 2.00 e. The van der Waals surface area contributed by atoms with E-state index in [-0.39, 0.29) is 75.9 Å². The fraction of sp³-hybridized carbons (Fsp3) is 1.00. The normalized spacial score (nSPS) is 11.2. The van der Waals surface area contributed by atoms with Crippen molar-refractivity contribution in [3.63, 3.8) is 0 Å². The van der Waals surface area contributed by atoms with Crippen molar-refractivity contribution in [2.24, 2.45) is 0 Å². The summed E-state index contributed by atoms with van der Waals surface area (Å²) in [5, 5.41) is 0. The van der Waals surface area contributed by atoms with E-state index in [1.54, 1.807) is 0 Å². The summed E-state index contributed by atoms with van der Waals surface area (Å²) in [5.74, 6) is 0. The molecule has 0 aromatic heterocycles. The van der Waals surface area contributed by atoms with Gasteiger partial charge in [0.2, 0.25) is 0 Å². The van der Waals surface area contributed by atoms with Crippen LogP contribution in [0.3, 0.4) is 0 Å². The van der Waals surface area contributed by atoms with Crippen molar-refractivity contribution in [3.8, 4) is 0 Å². The average Bonchev–Trinajstić information content (AvgIpc) is 2.15. The van der Waals surface area contributed by atoms with Gasteiger partial charge in [0.15, 0.2) is 0 Å². The van der Waals surface area contributed by atoms with Crippen LogP contribution < -0.4 is 78.7 Å². The summed E-state index contributed by atoms with van der Waals surface area (Å²) in [6, 6.07) is 0. The molecular weight excluding hydrogens is 445 g/mol. The Morgan fingerprint density at radius 2 is 0.714 bits per heavy atom. The second-order valence-corrected chi connectivity index (χ2v) is 4.47. The van der Waals surface area contributed by atoms with Crippen molar-refractivity contribution in [1.29, 1.82) is 0 Å². The SMILES string of the molecule is O=[P+]([O-])OCO[P+](=O)[O-].O=[P+]([O-])OCO[P+](=O)[O-].[Co+2].[Na+].[Na+]. The van der Waals surface area contributed by atoms with Crippen LogP contribution in [0, 0.1) is 0 Å². The summed E-state index contributed by atoms with van der Waals surface area (Å²) in [6.45, 7) is -1.56. The molecule has 0 saturated carbocycles. The van der Waals surface area contributed by atoms with E-state index < -0.39 is 46.6 Å². The molecule has 0 rings (SSSR count). The fourth-order valence-electron chi connectivity index (χ4n) is 0.219. The Bertz CT molecular complexity index is 258. The van der Waals surface area contributed by atoms with Crippen molar-refractivity contribution in [3.05, 3.63) is 0 Å². The molecule has 0 bridgehead atoms. The van der Waals surface area contributed by atoms with Gasteiger partial charge in [-0.15, -0.1) is 18.1 Å². The smallest absolute Gasteiger partial charge is 0.566 e. The predicted octanol–water partition coefficient (Wildman–Crippen LogP) is -7.97. The quantitative estimate of drug-likeness (QED) is 0.193. The van der Waals surface area contributed by atoms with Crippen molar-refractivity contribution < 1.29 is 132 Å². The van der Waals surface area contributed by atoms with Crippen LogP contribution in [0.4, 0.5) is 0 Å². The molecule has 0 spiro atoms. The van der Waals surface area contributed by atoms with Gasteiger partial charge in [-0.2, -0.15) is 0 Å². The Morgan fingerprint density at radius 1 is 0.571 bits per heavy atom. The van der Waals surface area contributed by atoms with Gasteiger partial charge >= 0.3 is 109 Å². The molecular formula is C2H4CoNa2O12P4+4. The van der Waals surface area contributed by atoms with Gasteiger partial charge in [0.05, 0.1) is 0 Å². The van der Waals surface area contributed by atoms with Crippen LogP contribution in [0.1, 0.15) is 0 Å². The fourth-order valence-corrected chi connectivity index (χ4v) is 0.941. The second-order valence-electron chi connectivity index (χ2n) is 1.65. The summed E-state index contributed by atoms with van der Waals surface area (Å²) in [6.07, 6.45) is 0. The molecule has 21 heavy (non-hydrogen) atoms. The Kier molecular flexibility index (Phi) is 41.2. The van der Waals surface area contributed by atoms with E-state index in [2.05, 4.69) is 18.1 Å². The molecule has 111 valence electrons. The number of hydrogen-bond donors (Lipinski definition) is 0. The van der Waals surface area contributed by atoms with Crippen LogP contribution in [0.25, 0.3) is 0 Å². The minimum atomic E-state index is -3.02. The van der Waals surface area contributed by atoms with E-state index in [9.17, 15) is 37.8 Å². The predicted molar refractivity (Wildman–Crippen MR) is 44.5 cm³/mol. The van der Waals surface area contributed by atoms with Crippen molar-refractivity contribution in [1.82, 2.24) is 0 Å². The van der Waals surface area contributed by atoms with Gasteiger partial charge in [-0.05, 0) is 18.3 Å². The minimum Gasteiger partial charge on any atom is -0.566 e. The van der Waals surface area contributed by atoms with Gasteiger partial charge in [0.25, 0.3) is 13.6 Å². The van der Waals surface area contributed by atoms with Gasteiger partial charge < -0.3 is 19.6 Å². The molecule has 0 aromatic carbocycles. The third-order valence-electron chi connectivity index (χ3n) is 0.632. The molecule has 0 aliphatic carbocycles. The molecule has 0 N–H and O–H groups in total. The zero-order valence-corrected chi connectivity index (χ0v) is 19.1. The Morgan fingerprint density at radius 3 is 0.810 bits per heavy atom. The first-order valence-electron chi connectivity index (χ1n) is 3.35. The van der Waals surface area contributed by atoms with Crippen LogP contribution >= 0.6 is 33.0 Å². The summed E-state index contributed by atoms with van der Waals surface area (Å²) in [5.41, 5.74) is 0. The van der Waals surface area contributed by atoms with Gasteiger partial charge in [0.1, 0.15) is 0 Å². The molecule has 4 atom stereocenters. The van der Waals surface area contributed by atoms with Crippen LogP contribution in [0.15, 0.2) is 0 Å². The van der Waals surface area contributed by atoms with Crippen molar-refractivity contribution >= 4 is 33.0 Å². The molecule has 0 saturated heterocycles. The van der Waals surface area contributed by atoms with Gasteiger partial charge in [-0.1, -0.05) is 0 Å². The van der Waals surface area contributed by atoms with Crippen molar-refractivity contribution in [2.75, 3.05) is 13.6 Å². The molecule has 0 amide bonds. The molecule has 0 fully saturated rings. The summed E-state index contributed by atoms with van der Waals surface area (Å²) < 4.78 is 52.9. The third kappa shape index (κ3) is 45.0. The zero-order valence-electron chi connectivity index (χ0n) is 10.4. The Labute approximate surface area is 176 Å². The molecule has 1 radical (unpaired) electrons. The molecule has 0 aliphatic heterocycles. The number of hydrogen-bond acceptors (Lipinski definition) is 12. The van der Waals surface area contributed by atoms with Crippen LogP contribution in [0.5, 0.6) is 0 Å². The van der Waals surface area contributed by atoms with E-state index in [0.717, 1.165) is 0 Å².